The predicted molar refractivity (Wildman–Crippen MR) is 90.9 cm³/mol. The van der Waals surface area contributed by atoms with E-state index in [-0.39, 0.29) is 0 Å². The summed E-state index contributed by atoms with van der Waals surface area (Å²) in [6.07, 6.45) is 0. The lowest BCUT2D eigenvalue weighted by molar-refractivity contribution is 0.397. The van der Waals surface area contributed by atoms with Crippen LogP contribution >= 0.6 is 11.3 Å². The summed E-state index contributed by atoms with van der Waals surface area (Å²) in [6, 6.07) is 8.58. The first-order chi connectivity index (χ1) is 10.0. The van der Waals surface area contributed by atoms with Gasteiger partial charge < -0.3 is 15.0 Å². The Kier molecular flexibility index (Phi) is 5.07. The summed E-state index contributed by atoms with van der Waals surface area (Å²) < 4.78 is 5.35. The fraction of sp³-hybridized carbons (Fsp3) is 0.438. The van der Waals surface area contributed by atoms with Crippen LogP contribution in [0.15, 0.2) is 24.3 Å². The Morgan fingerprint density at radius 3 is 2.43 bits per heavy atom. The van der Waals surface area contributed by atoms with Crippen molar-refractivity contribution in [2.24, 2.45) is 0 Å². The lowest BCUT2D eigenvalue weighted by Crippen LogP contribution is -2.07. The van der Waals surface area contributed by atoms with Gasteiger partial charge in [0.25, 0.3) is 0 Å². The number of rotatable bonds is 6. The van der Waals surface area contributed by atoms with Crippen molar-refractivity contribution in [1.29, 1.82) is 0 Å². The van der Waals surface area contributed by atoms with Crippen LogP contribution in [0.25, 0.3) is 0 Å². The van der Waals surface area contributed by atoms with Gasteiger partial charge in [0.15, 0.2) is 5.13 Å². The van der Waals surface area contributed by atoms with E-state index < -0.39 is 0 Å². The third-order valence-electron chi connectivity index (χ3n) is 3.26. The van der Waals surface area contributed by atoms with Gasteiger partial charge in [-0.2, -0.15) is 4.98 Å². The van der Waals surface area contributed by atoms with Gasteiger partial charge in [-0.1, -0.05) is 37.3 Å². The Bertz CT molecular complexity index is 576. The summed E-state index contributed by atoms with van der Waals surface area (Å²) in [7, 11) is 5.63. The van der Waals surface area contributed by atoms with Crippen LogP contribution in [0.2, 0.25) is 0 Å². The largest absolute Gasteiger partial charge is 0.480 e. The number of methoxy groups -OCH3 is 1. The van der Waals surface area contributed by atoms with Gasteiger partial charge in [-0.25, -0.2) is 0 Å². The Hall–Kier alpha value is -1.75. The van der Waals surface area contributed by atoms with E-state index in [1.54, 1.807) is 18.4 Å². The molecule has 0 aliphatic heterocycles. The first kappa shape index (κ1) is 15.6. The van der Waals surface area contributed by atoms with Crippen molar-refractivity contribution in [2.45, 2.75) is 26.3 Å². The third-order valence-corrected chi connectivity index (χ3v) is 4.46. The number of nitrogens with zero attached hydrogens (tertiary/aromatic N) is 2. The van der Waals surface area contributed by atoms with E-state index in [0.29, 0.717) is 11.8 Å². The van der Waals surface area contributed by atoms with Crippen LogP contribution in [-0.2, 0) is 6.54 Å². The van der Waals surface area contributed by atoms with Gasteiger partial charge in [-0.3, -0.25) is 0 Å². The third kappa shape index (κ3) is 3.88. The van der Waals surface area contributed by atoms with E-state index in [4.69, 9.17) is 4.74 Å². The molecule has 0 radical (unpaired) electrons. The monoisotopic (exact) mass is 305 g/mol. The van der Waals surface area contributed by atoms with Crippen LogP contribution in [0, 0.1) is 0 Å². The van der Waals surface area contributed by atoms with E-state index >= 15 is 0 Å². The minimum absolute atomic E-state index is 0.559. The molecule has 0 aliphatic rings. The minimum atomic E-state index is 0.559. The molecular formula is C16H23N3OS. The van der Waals surface area contributed by atoms with E-state index in [2.05, 4.69) is 48.4 Å². The average molecular weight is 305 g/mol. The van der Waals surface area contributed by atoms with Crippen molar-refractivity contribution in [3.05, 3.63) is 34.7 Å². The molecule has 0 spiro atoms. The summed E-state index contributed by atoms with van der Waals surface area (Å²) in [5.41, 5.74) is 2.46. The Morgan fingerprint density at radius 1 is 1.24 bits per heavy atom. The van der Waals surface area contributed by atoms with E-state index in [0.717, 1.165) is 22.2 Å². The summed E-state index contributed by atoms with van der Waals surface area (Å²) in [5, 5.41) is 4.38. The zero-order chi connectivity index (χ0) is 15.4. The minimum Gasteiger partial charge on any atom is -0.480 e. The number of nitrogens with one attached hydrogen (secondary N) is 1. The molecule has 1 N–H and O–H groups in total. The first-order valence-corrected chi connectivity index (χ1v) is 7.87. The summed E-state index contributed by atoms with van der Waals surface area (Å²) in [5.74, 6) is 1.26. The number of ether oxygens (including phenoxy) is 1. The SMILES string of the molecule is COc1nc(N(C)C)sc1CNc1ccc(C(C)C)cc1. The molecule has 1 heterocycles. The Labute approximate surface area is 130 Å². The normalized spacial score (nSPS) is 10.8. The molecule has 1 aromatic carbocycles. The molecule has 1 aromatic heterocycles. The standard InChI is InChI=1S/C16H23N3OS/c1-11(2)12-6-8-13(9-7-12)17-10-14-15(20-5)18-16(21-14)19(3)4/h6-9,11,17H,10H2,1-5H3. The van der Waals surface area contributed by atoms with Gasteiger partial charge in [-0.15, -0.1) is 0 Å². The number of anilines is 2. The highest BCUT2D eigenvalue weighted by Gasteiger charge is 2.12. The highest BCUT2D eigenvalue weighted by molar-refractivity contribution is 7.15. The second kappa shape index (κ2) is 6.80. The highest BCUT2D eigenvalue weighted by atomic mass is 32.1. The molecule has 2 aromatic rings. The zero-order valence-electron chi connectivity index (χ0n) is 13.3. The predicted octanol–water partition coefficient (Wildman–Crippen LogP) is 3.95. The van der Waals surface area contributed by atoms with Gasteiger partial charge in [0.05, 0.1) is 18.5 Å². The van der Waals surface area contributed by atoms with Crippen molar-refractivity contribution in [3.8, 4) is 5.88 Å². The van der Waals surface area contributed by atoms with E-state index in [1.165, 1.54) is 5.56 Å². The van der Waals surface area contributed by atoms with Crippen LogP contribution < -0.4 is 15.0 Å². The van der Waals surface area contributed by atoms with Crippen molar-refractivity contribution in [1.82, 2.24) is 4.98 Å². The molecule has 0 unspecified atom stereocenters. The van der Waals surface area contributed by atoms with Crippen molar-refractivity contribution >= 4 is 22.2 Å². The van der Waals surface area contributed by atoms with Crippen LogP contribution in [0.3, 0.4) is 0 Å². The molecule has 0 fully saturated rings. The van der Waals surface area contributed by atoms with Gasteiger partial charge in [-0.05, 0) is 23.6 Å². The van der Waals surface area contributed by atoms with Crippen molar-refractivity contribution < 1.29 is 4.74 Å². The molecule has 5 heteroatoms. The van der Waals surface area contributed by atoms with Gasteiger partial charge in [0.1, 0.15) is 0 Å². The van der Waals surface area contributed by atoms with E-state index in [1.807, 2.05) is 19.0 Å². The van der Waals surface area contributed by atoms with Crippen molar-refractivity contribution in [2.75, 3.05) is 31.4 Å². The van der Waals surface area contributed by atoms with Gasteiger partial charge in [0.2, 0.25) is 5.88 Å². The molecule has 21 heavy (non-hydrogen) atoms. The molecule has 0 saturated heterocycles. The first-order valence-electron chi connectivity index (χ1n) is 7.06. The number of aromatic nitrogens is 1. The van der Waals surface area contributed by atoms with Crippen LogP contribution in [0.5, 0.6) is 5.88 Å². The van der Waals surface area contributed by atoms with Crippen LogP contribution in [0.1, 0.15) is 30.2 Å². The zero-order valence-corrected chi connectivity index (χ0v) is 14.1. The van der Waals surface area contributed by atoms with Gasteiger partial charge >= 0.3 is 0 Å². The summed E-state index contributed by atoms with van der Waals surface area (Å²) in [4.78, 5) is 7.56. The average Bonchev–Trinajstić information content (AvgIpc) is 2.89. The second-order valence-electron chi connectivity index (χ2n) is 5.45. The molecule has 0 atom stereocenters. The molecule has 2 rings (SSSR count). The number of hydrogen-bond donors (Lipinski definition) is 1. The Morgan fingerprint density at radius 2 is 1.90 bits per heavy atom. The number of hydrogen-bond acceptors (Lipinski definition) is 5. The number of thiazole rings is 1. The Balaban J connectivity index is 2.05. The molecule has 4 nitrogen and oxygen atoms in total. The summed E-state index contributed by atoms with van der Waals surface area (Å²) in [6.45, 7) is 5.12. The maximum atomic E-state index is 5.35. The summed E-state index contributed by atoms with van der Waals surface area (Å²) >= 11 is 1.65. The fourth-order valence-electron chi connectivity index (χ4n) is 1.96. The second-order valence-corrected chi connectivity index (χ2v) is 6.52. The van der Waals surface area contributed by atoms with Crippen LogP contribution in [-0.4, -0.2) is 26.2 Å². The molecular weight excluding hydrogens is 282 g/mol. The van der Waals surface area contributed by atoms with Crippen LogP contribution in [0.4, 0.5) is 10.8 Å². The highest BCUT2D eigenvalue weighted by Crippen LogP contribution is 2.31. The van der Waals surface area contributed by atoms with E-state index in [9.17, 15) is 0 Å². The molecule has 0 bridgehead atoms. The quantitative estimate of drug-likeness (QED) is 0.877. The lowest BCUT2D eigenvalue weighted by atomic mass is 10.0. The van der Waals surface area contributed by atoms with Crippen molar-refractivity contribution in [3.63, 3.8) is 0 Å². The maximum Gasteiger partial charge on any atom is 0.231 e. The maximum absolute atomic E-state index is 5.35. The molecule has 0 aliphatic carbocycles. The molecule has 0 saturated carbocycles. The topological polar surface area (TPSA) is 37.4 Å². The lowest BCUT2D eigenvalue weighted by Gasteiger charge is -2.09. The van der Waals surface area contributed by atoms with Gasteiger partial charge in [0, 0.05) is 19.8 Å². The molecule has 114 valence electrons. The smallest absolute Gasteiger partial charge is 0.231 e. The fourth-order valence-corrected chi connectivity index (χ4v) is 2.85. The number of benzene rings is 1. The molecule has 0 amide bonds.